The second kappa shape index (κ2) is 6.23. The summed E-state index contributed by atoms with van der Waals surface area (Å²) in [5, 5.41) is 0. The van der Waals surface area contributed by atoms with Gasteiger partial charge < -0.3 is 10.6 Å². The zero-order valence-corrected chi connectivity index (χ0v) is 10.2. The van der Waals surface area contributed by atoms with Gasteiger partial charge in [0.2, 0.25) is 0 Å². The highest BCUT2D eigenvalue weighted by molar-refractivity contribution is 7.80. The standard InChI is InChI=1S/C12H16N2OS/c1-2-8-14(9-11(13)16)12(15)10-6-4-3-5-7-10/h3-7H,2,8-9H2,1H3,(H2,13,16). The number of amides is 1. The number of hydrogen-bond acceptors (Lipinski definition) is 2. The van der Waals surface area contributed by atoms with Crippen LogP contribution in [0.3, 0.4) is 0 Å². The molecule has 16 heavy (non-hydrogen) atoms. The van der Waals surface area contributed by atoms with Crippen molar-refractivity contribution in [2.75, 3.05) is 13.1 Å². The molecular formula is C12H16N2OS. The van der Waals surface area contributed by atoms with E-state index >= 15 is 0 Å². The number of carbonyl (C=O) groups is 1. The van der Waals surface area contributed by atoms with Crippen LogP contribution in [0.4, 0.5) is 0 Å². The van der Waals surface area contributed by atoms with Crippen LogP contribution in [0.15, 0.2) is 30.3 Å². The van der Waals surface area contributed by atoms with E-state index in [1.807, 2.05) is 25.1 Å². The molecule has 0 aliphatic carbocycles. The number of nitrogens with two attached hydrogens (primary N) is 1. The fraction of sp³-hybridized carbons (Fsp3) is 0.333. The molecule has 0 bridgehead atoms. The summed E-state index contributed by atoms with van der Waals surface area (Å²) in [5.41, 5.74) is 6.15. The van der Waals surface area contributed by atoms with Crippen molar-refractivity contribution in [3.63, 3.8) is 0 Å². The zero-order valence-electron chi connectivity index (χ0n) is 9.35. The molecule has 1 amide bonds. The van der Waals surface area contributed by atoms with Gasteiger partial charge in [0, 0.05) is 12.1 Å². The third-order valence-corrected chi connectivity index (χ3v) is 2.28. The largest absolute Gasteiger partial charge is 0.392 e. The lowest BCUT2D eigenvalue weighted by molar-refractivity contribution is 0.0780. The first-order chi connectivity index (χ1) is 7.65. The summed E-state index contributed by atoms with van der Waals surface area (Å²) >= 11 is 4.84. The van der Waals surface area contributed by atoms with E-state index in [4.69, 9.17) is 18.0 Å². The fourth-order valence-electron chi connectivity index (χ4n) is 1.47. The lowest BCUT2D eigenvalue weighted by Gasteiger charge is -2.21. The van der Waals surface area contributed by atoms with Gasteiger partial charge in [-0.15, -0.1) is 0 Å². The Morgan fingerprint density at radius 1 is 1.38 bits per heavy atom. The summed E-state index contributed by atoms with van der Waals surface area (Å²) in [6.07, 6.45) is 0.890. The van der Waals surface area contributed by atoms with Gasteiger partial charge in [-0.05, 0) is 18.6 Å². The van der Waals surface area contributed by atoms with E-state index in [0.717, 1.165) is 6.42 Å². The average molecular weight is 236 g/mol. The molecule has 0 saturated heterocycles. The predicted octanol–water partition coefficient (Wildman–Crippen LogP) is 1.82. The molecule has 0 unspecified atom stereocenters. The van der Waals surface area contributed by atoms with Crippen molar-refractivity contribution in [1.82, 2.24) is 4.90 Å². The molecule has 0 radical (unpaired) electrons. The molecule has 0 heterocycles. The van der Waals surface area contributed by atoms with Crippen LogP contribution in [-0.2, 0) is 0 Å². The van der Waals surface area contributed by atoms with Gasteiger partial charge in [0.1, 0.15) is 0 Å². The van der Waals surface area contributed by atoms with Gasteiger partial charge in [0.15, 0.2) is 0 Å². The summed E-state index contributed by atoms with van der Waals surface area (Å²) in [7, 11) is 0. The number of carbonyl (C=O) groups excluding carboxylic acids is 1. The molecular weight excluding hydrogens is 220 g/mol. The molecule has 0 aromatic heterocycles. The molecule has 0 saturated carbocycles. The van der Waals surface area contributed by atoms with Crippen LogP contribution in [-0.4, -0.2) is 28.9 Å². The fourth-order valence-corrected chi connectivity index (χ4v) is 1.63. The summed E-state index contributed by atoms with van der Waals surface area (Å²) in [6, 6.07) is 9.17. The van der Waals surface area contributed by atoms with Crippen molar-refractivity contribution in [2.45, 2.75) is 13.3 Å². The van der Waals surface area contributed by atoms with Crippen LogP contribution in [0.5, 0.6) is 0 Å². The maximum atomic E-state index is 12.1. The number of rotatable bonds is 5. The smallest absolute Gasteiger partial charge is 0.254 e. The molecule has 0 spiro atoms. The first-order valence-corrected chi connectivity index (χ1v) is 5.68. The van der Waals surface area contributed by atoms with Gasteiger partial charge in [-0.2, -0.15) is 0 Å². The lowest BCUT2D eigenvalue weighted by Crippen LogP contribution is -2.38. The van der Waals surface area contributed by atoms with Crippen molar-refractivity contribution in [1.29, 1.82) is 0 Å². The molecule has 86 valence electrons. The van der Waals surface area contributed by atoms with Crippen LogP contribution in [0.2, 0.25) is 0 Å². The van der Waals surface area contributed by atoms with E-state index in [-0.39, 0.29) is 5.91 Å². The number of nitrogens with zero attached hydrogens (tertiary/aromatic N) is 1. The molecule has 0 aliphatic heterocycles. The minimum atomic E-state index is -0.0183. The Balaban J connectivity index is 2.78. The molecule has 1 rings (SSSR count). The van der Waals surface area contributed by atoms with E-state index in [1.165, 1.54) is 0 Å². The van der Waals surface area contributed by atoms with E-state index in [2.05, 4.69) is 0 Å². The Morgan fingerprint density at radius 2 is 2.00 bits per heavy atom. The molecule has 0 atom stereocenters. The predicted molar refractivity (Wildman–Crippen MR) is 69.4 cm³/mol. The second-order valence-electron chi connectivity index (χ2n) is 3.56. The Kier molecular flexibility index (Phi) is 4.92. The number of thiocarbonyl (C=S) groups is 1. The molecule has 3 nitrogen and oxygen atoms in total. The van der Waals surface area contributed by atoms with Crippen LogP contribution < -0.4 is 5.73 Å². The number of hydrogen-bond donors (Lipinski definition) is 1. The first kappa shape index (κ1) is 12.6. The van der Waals surface area contributed by atoms with Gasteiger partial charge in [0.05, 0.1) is 11.5 Å². The zero-order chi connectivity index (χ0) is 12.0. The van der Waals surface area contributed by atoms with Gasteiger partial charge in [0.25, 0.3) is 5.91 Å². The lowest BCUT2D eigenvalue weighted by atomic mass is 10.2. The van der Waals surface area contributed by atoms with Gasteiger partial charge in [-0.25, -0.2) is 0 Å². The Hall–Kier alpha value is -1.42. The van der Waals surface area contributed by atoms with Crippen LogP contribution >= 0.6 is 12.2 Å². The van der Waals surface area contributed by atoms with Crippen molar-refractivity contribution in [3.05, 3.63) is 35.9 Å². The van der Waals surface area contributed by atoms with E-state index in [1.54, 1.807) is 17.0 Å². The highest BCUT2D eigenvalue weighted by Gasteiger charge is 2.14. The molecule has 4 heteroatoms. The summed E-state index contributed by atoms with van der Waals surface area (Å²) < 4.78 is 0. The maximum absolute atomic E-state index is 12.1. The van der Waals surface area contributed by atoms with Crippen molar-refractivity contribution >= 4 is 23.1 Å². The highest BCUT2D eigenvalue weighted by Crippen LogP contribution is 2.05. The molecule has 1 aromatic carbocycles. The molecule has 2 N–H and O–H groups in total. The monoisotopic (exact) mass is 236 g/mol. The third kappa shape index (κ3) is 3.62. The highest BCUT2D eigenvalue weighted by atomic mass is 32.1. The van der Waals surface area contributed by atoms with Crippen molar-refractivity contribution in [3.8, 4) is 0 Å². The minimum Gasteiger partial charge on any atom is -0.392 e. The average Bonchev–Trinajstić information content (AvgIpc) is 2.28. The van der Waals surface area contributed by atoms with Gasteiger partial charge in [-0.1, -0.05) is 37.3 Å². The van der Waals surface area contributed by atoms with Gasteiger partial charge >= 0.3 is 0 Å². The second-order valence-corrected chi connectivity index (χ2v) is 4.08. The van der Waals surface area contributed by atoms with E-state index in [0.29, 0.717) is 23.6 Å². The Morgan fingerprint density at radius 3 is 2.50 bits per heavy atom. The SMILES string of the molecule is CCCN(CC(N)=S)C(=O)c1ccccc1. The van der Waals surface area contributed by atoms with Crippen LogP contribution in [0, 0.1) is 0 Å². The Labute approximate surface area is 101 Å². The van der Waals surface area contributed by atoms with Crippen molar-refractivity contribution in [2.24, 2.45) is 5.73 Å². The summed E-state index contributed by atoms with van der Waals surface area (Å²) in [5.74, 6) is -0.0183. The molecule has 1 aromatic rings. The summed E-state index contributed by atoms with van der Waals surface area (Å²) in [6.45, 7) is 3.03. The topological polar surface area (TPSA) is 46.3 Å². The number of benzene rings is 1. The first-order valence-electron chi connectivity index (χ1n) is 5.27. The maximum Gasteiger partial charge on any atom is 0.254 e. The Bertz CT molecular complexity index is 365. The molecule has 0 aliphatic rings. The van der Waals surface area contributed by atoms with Gasteiger partial charge in [-0.3, -0.25) is 4.79 Å². The third-order valence-electron chi connectivity index (χ3n) is 2.15. The summed E-state index contributed by atoms with van der Waals surface area (Å²) in [4.78, 5) is 14.1. The normalized spacial score (nSPS) is 9.81. The minimum absolute atomic E-state index is 0.0183. The van der Waals surface area contributed by atoms with E-state index < -0.39 is 0 Å². The molecule has 0 fully saturated rings. The van der Waals surface area contributed by atoms with Crippen molar-refractivity contribution < 1.29 is 4.79 Å². The van der Waals surface area contributed by atoms with E-state index in [9.17, 15) is 4.79 Å². The van der Waals surface area contributed by atoms with Crippen LogP contribution in [0.25, 0.3) is 0 Å². The quantitative estimate of drug-likeness (QED) is 0.793. The van der Waals surface area contributed by atoms with Crippen LogP contribution in [0.1, 0.15) is 23.7 Å².